The van der Waals surface area contributed by atoms with Crippen molar-refractivity contribution in [2.24, 2.45) is 0 Å². The van der Waals surface area contributed by atoms with Crippen LogP contribution in [0.5, 0.6) is 0 Å². The third kappa shape index (κ3) is 6.74. The molecule has 19 heavy (non-hydrogen) atoms. The Bertz CT molecular complexity index is 310. The van der Waals surface area contributed by atoms with Gasteiger partial charge in [0.15, 0.2) is 0 Å². The lowest BCUT2D eigenvalue weighted by molar-refractivity contribution is -0.861. The molecule has 0 aromatic heterocycles. The van der Waals surface area contributed by atoms with Gasteiger partial charge < -0.3 is 10.3 Å². The molecular formula is C17H29NO. The summed E-state index contributed by atoms with van der Waals surface area (Å²) in [7, 11) is 1.72. The van der Waals surface area contributed by atoms with Crippen molar-refractivity contribution in [3.63, 3.8) is 0 Å². The number of hydrogen-bond donors (Lipinski definition) is 1. The Labute approximate surface area is 118 Å². The van der Waals surface area contributed by atoms with Crippen molar-refractivity contribution in [3.8, 4) is 0 Å². The summed E-state index contributed by atoms with van der Waals surface area (Å²) in [6.45, 7) is 2.25. The van der Waals surface area contributed by atoms with E-state index < -0.39 is 0 Å². The lowest BCUT2D eigenvalue weighted by Crippen LogP contribution is -3.04. The van der Waals surface area contributed by atoms with E-state index >= 15 is 0 Å². The number of benzene rings is 1. The number of hydrogen-bond acceptors (Lipinski definition) is 1. The van der Waals surface area contributed by atoms with E-state index in [0.29, 0.717) is 5.06 Å². The molecule has 108 valence electrons. The molecule has 0 saturated carbocycles. The van der Waals surface area contributed by atoms with Crippen molar-refractivity contribution in [1.29, 1.82) is 0 Å². The summed E-state index contributed by atoms with van der Waals surface area (Å²) >= 11 is 0. The summed E-state index contributed by atoms with van der Waals surface area (Å²) < 4.78 is 0. The molecule has 0 saturated heterocycles. The molecule has 2 heteroatoms. The first-order valence-corrected chi connectivity index (χ1v) is 7.81. The van der Waals surface area contributed by atoms with Gasteiger partial charge in [-0.25, -0.2) is 0 Å². The Morgan fingerprint density at radius 1 is 0.947 bits per heavy atom. The molecular weight excluding hydrogens is 234 g/mol. The summed E-state index contributed by atoms with van der Waals surface area (Å²) in [5, 5.41) is 12.1. The van der Waals surface area contributed by atoms with Crippen LogP contribution in [0, 0.1) is 5.21 Å². The van der Waals surface area contributed by atoms with Gasteiger partial charge in [0.1, 0.15) is 6.04 Å². The van der Waals surface area contributed by atoms with Gasteiger partial charge in [-0.2, -0.15) is 0 Å². The maximum atomic E-state index is 11.7. The third-order valence-corrected chi connectivity index (χ3v) is 3.79. The fourth-order valence-electron chi connectivity index (χ4n) is 2.60. The Balaban J connectivity index is 2.24. The maximum absolute atomic E-state index is 11.7. The molecule has 0 heterocycles. The van der Waals surface area contributed by atoms with Crippen LogP contribution in [-0.4, -0.2) is 7.05 Å². The minimum atomic E-state index is 0.108. The second-order valence-electron chi connectivity index (χ2n) is 5.48. The van der Waals surface area contributed by atoms with Crippen LogP contribution in [0.2, 0.25) is 0 Å². The molecule has 0 aliphatic rings. The third-order valence-electron chi connectivity index (χ3n) is 3.79. The van der Waals surface area contributed by atoms with E-state index in [1.807, 2.05) is 18.2 Å². The molecule has 1 aromatic rings. The predicted molar refractivity (Wildman–Crippen MR) is 82.0 cm³/mol. The standard InChI is InChI=1S/C17H29NO/c1-3-4-5-6-7-8-12-15-17(18(2)19)16-13-10-9-11-14-16/h9-11,13-14,17-18H,3-8,12,15H2,1-2H3. The molecule has 2 nitrogen and oxygen atoms in total. The highest BCUT2D eigenvalue weighted by Gasteiger charge is 2.14. The highest BCUT2D eigenvalue weighted by atomic mass is 16.5. The zero-order chi connectivity index (χ0) is 13.9. The fraction of sp³-hybridized carbons (Fsp3) is 0.647. The normalized spacial score (nSPS) is 14.3. The van der Waals surface area contributed by atoms with E-state index in [0.717, 1.165) is 6.42 Å². The van der Waals surface area contributed by atoms with Crippen LogP contribution < -0.4 is 5.06 Å². The van der Waals surface area contributed by atoms with Gasteiger partial charge >= 0.3 is 0 Å². The topological polar surface area (TPSA) is 27.5 Å². The lowest BCUT2D eigenvalue weighted by Gasteiger charge is -2.28. The van der Waals surface area contributed by atoms with Gasteiger partial charge in [-0.3, -0.25) is 0 Å². The summed E-state index contributed by atoms with van der Waals surface area (Å²) in [5.74, 6) is 0. The Morgan fingerprint density at radius 2 is 1.53 bits per heavy atom. The number of nitrogens with one attached hydrogen (secondary N) is 1. The Hall–Kier alpha value is -0.860. The minimum Gasteiger partial charge on any atom is -0.634 e. The first-order valence-electron chi connectivity index (χ1n) is 7.81. The number of hydroxylamine groups is 2. The molecule has 0 fully saturated rings. The zero-order valence-electron chi connectivity index (χ0n) is 12.5. The second-order valence-corrected chi connectivity index (χ2v) is 5.48. The molecule has 0 bridgehead atoms. The molecule has 1 rings (SSSR count). The Morgan fingerprint density at radius 3 is 2.11 bits per heavy atom. The Kier molecular flexibility index (Phi) is 8.52. The lowest BCUT2D eigenvalue weighted by atomic mass is 9.99. The number of rotatable bonds is 10. The van der Waals surface area contributed by atoms with Crippen LogP contribution in [-0.2, 0) is 0 Å². The van der Waals surface area contributed by atoms with Crippen molar-refractivity contribution in [2.45, 2.75) is 64.3 Å². The molecule has 2 atom stereocenters. The van der Waals surface area contributed by atoms with Crippen molar-refractivity contribution in [3.05, 3.63) is 41.1 Å². The average Bonchev–Trinajstić information content (AvgIpc) is 2.42. The molecule has 0 radical (unpaired) electrons. The van der Waals surface area contributed by atoms with Crippen LogP contribution in [0.15, 0.2) is 30.3 Å². The monoisotopic (exact) mass is 263 g/mol. The molecule has 0 amide bonds. The van der Waals surface area contributed by atoms with E-state index in [1.165, 1.54) is 50.5 Å². The van der Waals surface area contributed by atoms with Crippen LogP contribution in [0.1, 0.15) is 69.9 Å². The average molecular weight is 263 g/mol. The second kappa shape index (κ2) is 9.99. The molecule has 0 aliphatic heterocycles. The van der Waals surface area contributed by atoms with E-state index in [2.05, 4.69) is 19.1 Å². The van der Waals surface area contributed by atoms with E-state index in [4.69, 9.17) is 0 Å². The van der Waals surface area contributed by atoms with Crippen LogP contribution in [0.4, 0.5) is 0 Å². The van der Waals surface area contributed by atoms with E-state index in [9.17, 15) is 5.21 Å². The number of quaternary nitrogens is 1. The van der Waals surface area contributed by atoms with Gasteiger partial charge in [-0.1, -0.05) is 75.8 Å². The quantitative estimate of drug-likeness (QED) is 0.503. The first kappa shape index (κ1) is 16.2. The molecule has 0 spiro atoms. The van der Waals surface area contributed by atoms with Crippen LogP contribution in [0.25, 0.3) is 0 Å². The molecule has 1 N–H and O–H groups in total. The van der Waals surface area contributed by atoms with Gasteiger partial charge in [0.05, 0.1) is 7.05 Å². The summed E-state index contributed by atoms with van der Waals surface area (Å²) in [6.07, 6.45) is 10.1. The van der Waals surface area contributed by atoms with Crippen molar-refractivity contribution in [2.75, 3.05) is 7.05 Å². The van der Waals surface area contributed by atoms with Crippen LogP contribution >= 0.6 is 0 Å². The summed E-state index contributed by atoms with van der Waals surface area (Å²) in [6, 6.07) is 10.3. The van der Waals surface area contributed by atoms with Crippen molar-refractivity contribution in [1.82, 2.24) is 0 Å². The van der Waals surface area contributed by atoms with Gasteiger partial charge in [-0.15, -0.1) is 0 Å². The zero-order valence-corrected chi connectivity index (χ0v) is 12.5. The summed E-state index contributed by atoms with van der Waals surface area (Å²) in [4.78, 5) is 0. The number of unbranched alkanes of at least 4 members (excludes halogenated alkanes) is 6. The molecule has 0 aliphatic carbocycles. The van der Waals surface area contributed by atoms with Crippen molar-refractivity contribution >= 4 is 0 Å². The maximum Gasteiger partial charge on any atom is 0.113 e. The summed E-state index contributed by atoms with van der Waals surface area (Å²) in [5.41, 5.74) is 1.18. The fourth-order valence-corrected chi connectivity index (χ4v) is 2.60. The van der Waals surface area contributed by atoms with Gasteiger partial charge in [0, 0.05) is 12.0 Å². The predicted octanol–water partition coefficient (Wildman–Crippen LogP) is 3.88. The highest BCUT2D eigenvalue weighted by molar-refractivity contribution is 5.17. The highest BCUT2D eigenvalue weighted by Crippen LogP contribution is 2.17. The first-order chi connectivity index (χ1) is 9.25. The minimum absolute atomic E-state index is 0.108. The van der Waals surface area contributed by atoms with Crippen molar-refractivity contribution < 1.29 is 5.06 Å². The van der Waals surface area contributed by atoms with E-state index in [1.54, 1.807) is 7.05 Å². The molecule has 2 unspecified atom stereocenters. The van der Waals surface area contributed by atoms with Gasteiger partial charge in [-0.05, 0) is 6.42 Å². The molecule has 1 aromatic carbocycles. The van der Waals surface area contributed by atoms with Gasteiger partial charge in [0.2, 0.25) is 0 Å². The van der Waals surface area contributed by atoms with Crippen LogP contribution in [0.3, 0.4) is 0 Å². The largest absolute Gasteiger partial charge is 0.634 e. The van der Waals surface area contributed by atoms with Gasteiger partial charge in [0.25, 0.3) is 0 Å². The smallest absolute Gasteiger partial charge is 0.113 e. The van der Waals surface area contributed by atoms with E-state index in [-0.39, 0.29) is 6.04 Å². The SMILES string of the molecule is CCCCCCCCCC(c1ccccc1)[NH+](C)[O-].